The van der Waals surface area contributed by atoms with Gasteiger partial charge in [-0.1, -0.05) is 19.4 Å². The summed E-state index contributed by atoms with van der Waals surface area (Å²) >= 11 is 0. The molecule has 0 aliphatic carbocycles. The molecule has 24 heavy (non-hydrogen) atoms. The largest absolute Gasteiger partial charge is 0.462 e. The number of ether oxygens (including phenoxy) is 1. The van der Waals surface area contributed by atoms with Gasteiger partial charge in [0.2, 0.25) is 5.91 Å². The van der Waals surface area contributed by atoms with E-state index >= 15 is 0 Å². The summed E-state index contributed by atoms with van der Waals surface area (Å²) in [5.74, 6) is -0.964. The van der Waals surface area contributed by atoms with Gasteiger partial charge in [-0.2, -0.15) is 0 Å². The minimum absolute atomic E-state index is 0.0248. The van der Waals surface area contributed by atoms with E-state index in [9.17, 15) is 18.0 Å². The highest BCUT2D eigenvalue weighted by Crippen LogP contribution is 2.19. The van der Waals surface area contributed by atoms with Gasteiger partial charge >= 0.3 is 5.97 Å². The molecule has 0 radical (unpaired) electrons. The number of rotatable bonds is 7. The van der Waals surface area contributed by atoms with Crippen LogP contribution in [0.5, 0.6) is 0 Å². The highest BCUT2D eigenvalue weighted by atomic mass is 32.2. The molecular weight excluding hydrogens is 330 g/mol. The molecule has 1 amide bonds. The number of benzene rings is 1. The second kappa shape index (κ2) is 8.10. The Morgan fingerprint density at radius 1 is 1.25 bits per heavy atom. The normalized spacial score (nSPS) is 18.3. The molecule has 0 saturated carbocycles. The van der Waals surface area contributed by atoms with Gasteiger partial charge in [-0.25, -0.2) is 13.2 Å². The lowest BCUT2D eigenvalue weighted by atomic mass is 10.1. The molecule has 1 unspecified atom stereocenters. The molecular formula is C17H21NO5S. The van der Waals surface area contributed by atoms with E-state index in [-0.39, 0.29) is 30.0 Å². The maximum atomic E-state index is 11.9. The molecule has 1 aliphatic heterocycles. The molecule has 0 spiro atoms. The van der Waals surface area contributed by atoms with Crippen molar-refractivity contribution < 1.29 is 22.7 Å². The monoisotopic (exact) mass is 351 g/mol. The van der Waals surface area contributed by atoms with Gasteiger partial charge in [-0.05, 0) is 30.7 Å². The maximum Gasteiger partial charge on any atom is 0.338 e. The topological polar surface area (TPSA) is 89.5 Å². The molecule has 1 aliphatic rings. The molecule has 7 heteroatoms. The molecule has 1 aromatic carbocycles. The number of nitrogens with one attached hydrogen (secondary N) is 1. The van der Waals surface area contributed by atoms with E-state index < -0.39 is 9.84 Å². The summed E-state index contributed by atoms with van der Waals surface area (Å²) in [4.78, 5) is 23.7. The van der Waals surface area contributed by atoms with Gasteiger partial charge in [-0.3, -0.25) is 4.79 Å². The summed E-state index contributed by atoms with van der Waals surface area (Å²) in [6, 6.07) is 6.42. The fraction of sp³-hybridized carbons (Fsp3) is 0.412. The van der Waals surface area contributed by atoms with Crippen LogP contribution in [-0.2, 0) is 19.4 Å². The molecule has 0 aromatic heterocycles. The fourth-order valence-corrected chi connectivity index (χ4v) is 3.70. The van der Waals surface area contributed by atoms with E-state index in [0.29, 0.717) is 17.9 Å². The number of esters is 1. The average Bonchev–Trinajstić information content (AvgIpc) is 2.86. The third kappa shape index (κ3) is 5.49. The van der Waals surface area contributed by atoms with Crippen molar-refractivity contribution in [2.45, 2.75) is 26.2 Å². The van der Waals surface area contributed by atoms with Gasteiger partial charge in [0, 0.05) is 23.4 Å². The zero-order valence-electron chi connectivity index (χ0n) is 13.5. The van der Waals surface area contributed by atoms with E-state index in [1.165, 1.54) is 0 Å². The summed E-state index contributed by atoms with van der Waals surface area (Å²) < 4.78 is 27.7. The maximum absolute atomic E-state index is 11.9. The van der Waals surface area contributed by atoms with Crippen LogP contribution in [-0.4, -0.2) is 32.7 Å². The predicted octanol–water partition coefficient (Wildman–Crippen LogP) is 2.53. The van der Waals surface area contributed by atoms with Gasteiger partial charge in [0.25, 0.3) is 0 Å². The highest BCUT2D eigenvalue weighted by Gasteiger charge is 2.23. The van der Waals surface area contributed by atoms with Crippen LogP contribution in [0.1, 0.15) is 36.5 Å². The van der Waals surface area contributed by atoms with Gasteiger partial charge in [-0.15, -0.1) is 0 Å². The summed E-state index contributed by atoms with van der Waals surface area (Å²) in [7, 11) is -3.15. The Morgan fingerprint density at radius 2 is 1.96 bits per heavy atom. The van der Waals surface area contributed by atoms with Gasteiger partial charge in [0.1, 0.15) is 0 Å². The van der Waals surface area contributed by atoms with Crippen LogP contribution in [0.25, 0.3) is 0 Å². The van der Waals surface area contributed by atoms with E-state index in [2.05, 4.69) is 5.32 Å². The second-order valence-corrected chi connectivity index (χ2v) is 7.67. The Morgan fingerprint density at radius 3 is 2.54 bits per heavy atom. The molecule has 0 bridgehead atoms. The fourth-order valence-electron chi connectivity index (χ4n) is 2.30. The Hall–Kier alpha value is -2.15. The summed E-state index contributed by atoms with van der Waals surface area (Å²) in [6.07, 6.45) is 3.43. The first-order chi connectivity index (χ1) is 11.4. The molecule has 1 aromatic rings. The number of allylic oxidation sites excluding steroid dienone is 1. The molecule has 1 atom stereocenters. The van der Waals surface area contributed by atoms with Gasteiger partial charge in [0.15, 0.2) is 9.84 Å². The van der Waals surface area contributed by atoms with Crippen LogP contribution in [0.3, 0.4) is 0 Å². The molecule has 0 saturated heterocycles. The lowest BCUT2D eigenvalue weighted by Gasteiger charge is -2.09. The molecule has 0 fully saturated rings. The molecule has 130 valence electrons. The number of hydrogen-bond donors (Lipinski definition) is 1. The number of amides is 1. The molecule has 1 heterocycles. The second-order valence-electron chi connectivity index (χ2n) is 5.74. The van der Waals surface area contributed by atoms with E-state index in [0.717, 1.165) is 18.2 Å². The third-order valence-corrected chi connectivity index (χ3v) is 5.05. The average molecular weight is 351 g/mol. The zero-order valence-corrected chi connectivity index (χ0v) is 14.3. The number of carbonyl (C=O) groups is 2. The summed E-state index contributed by atoms with van der Waals surface area (Å²) in [5, 5.41) is 3.85. The Bertz CT molecular complexity index is 722. The standard InChI is InChI=1S/C17H21NO5S/c1-2-3-9-23-17(20)14-4-6-15(7-5-14)18-16(19)11-13-8-10-24(21,22)12-13/h4-8,10,13H,2-3,9,11-12H2,1H3,(H,18,19). The Balaban J connectivity index is 1.84. The lowest BCUT2D eigenvalue weighted by molar-refractivity contribution is -0.116. The molecule has 2 rings (SSSR count). The van der Waals surface area contributed by atoms with Crippen molar-refractivity contribution in [1.82, 2.24) is 0 Å². The molecule has 1 N–H and O–H groups in total. The van der Waals surface area contributed by atoms with Crippen LogP contribution >= 0.6 is 0 Å². The third-order valence-electron chi connectivity index (χ3n) is 3.59. The number of unbranched alkanes of at least 4 members (excludes halogenated alkanes) is 1. The quantitative estimate of drug-likeness (QED) is 0.602. The van der Waals surface area contributed by atoms with Crippen molar-refractivity contribution in [2.24, 2.45) is 5.92 Å². The lowest BCUT2D eigenvalue weighted by Crippen LogP contribution is -2.17. The van der Waals surface area contributed by atoms with Crippen LogP contribution in [0.4, 0.5) is 5.69 Å². The predicted molar refractivity (Wildman–Crippen MR) is 91.3 cm³/mol. The number of hydrogen-bond acceptors (Lipinski definition) is 5. The van der Waals surface area contributed by atoms with E-state index in [1.54, 1.807) is 30.3 Å². The van der Waals surface area contributed by atoms with Crippen molar-refractivity contribution in [3.63, 3.8) is 0 Å². The first-order valence-corrected chi connectivity index (χ1v) is 9.59. The number of anilines is 1. The Labute approximate surface area is 141 Å². The number of carbonyl (C=O) groups excluding carboxylic acids is 2. The number of sulfone groups is 1. The van der Waals surface area contributed by atoms with Crippen LogP contribution < -0.4 is 5.32 Å². The van der Waals surface area contributed by atoms with E-state index in [1.807, 2.05) is 6.92 Å². The van der Waals surface area contributed by atoms with Gasteiger partial charge < -0.3 is 10.1 Å². The minimum Gasteiger partial charge on any atom is -0.462 e. The van der Waals surface area contributed by atoms with Crippen molar-refractivity contribution in [2.75, 3.05) is 17.7 Å². The Kier molecular flexibility index (Phi) is 6.14. The van der Waals surface area contributed by atoms with Crippen LogP contribution in [0, 0.1) is 5.92 Å². The van der Waals surface area contributed by atoms with Crippen LogP contribution in [0.2, 0.25) is 0 Å². The van der Waals surface area contributed by atoms with Crippen LogP contribution in [0.15, 0.2) is 35.7 Å². The van der Waals surface area contributed by atoms with Gasteiger partial charge in [0.05, 0.1) is 17.9 Å². The summed E-state index contributed by atoms with van der Waals surface area (Å²) in [5.41, 5.74) is 0.976. The van der Waals surface area contributed by atoms with Crippen molar-refractivity contribution in [1.29, 1.82) is 0 Å². The van der Waals surface area contributed by atoms with Crippen molar-refractivity contribution in [3.8, 4) is 0 Å². The van der Waals surface area contributed by atoms with Crippen molar-refractivity contribution in [3.05, 3.63) is 41.3 Å². The first kappa shape index (κ1) is 18.2. The van der Waals surface area contributed by atoms with E-state index in [4.69, 9.17) is 4.74 Å². The summed E-state index contributed by atoms with van der Waals surface area (Å²) in [6.45, 7) is 2.41. The highest BCUT2D eigenvalue weighted by molar-refractivity contribution is 7.94. The molecule has 6 nitrogen and oxygen atoms in total. The zero-order chi connectivity index (χ0) is 17.6. The minimum atomic E-state index is -3.15. The first-order valence-electron chi connectivity index (χ1n) is 7.87. The smallest absolute Gasteiger partial charge is 0.338 e. The SMILES string of the molecule is CCCCOC(=O)c1ccc(NC(=O)CC2C=CS(=O)(=O)C2)cc1. The van der Waals surface area contributed by atoms with Crippen molar-refractivity contribution >= 4 is 27.4 Å².